The number of fused-ring (bicyclic) bond motifs is 10. The zero-order valence-electron chi connectivity index (χ0n) is 23.1. The van der Waals surface area contributed by atoms with E-state index in [1.807, 2.05) is 0 Å². The van der Waals surface area contributed by atoms with Gasteiger partial charge in [-0.15, -0.1) is 0 Å². The molecule has 12 atom stereocenters. The standard InChI is InChI=1S/C33H54N2/c1-33(2,34-29-17-9-7-15-25(29)27-19-21-11-3-5-13-23(21)31(27)34)35-30-18-10-8-16-26(30)28-20-22-12-4-6-14-24(22)32(28)35/h21-32H,3-20H2,1-2H3. The third kappa shape index (κ3) is 3.20. The average molecular weight is 479 g/mol. The lowest BCUT2D eigenvalue weighted by Crippen LogP contribution is -2.66. The van der Waals surface area contributed by atoms with Crippen molar-refractivity contribution in [1.29, 1.82) is 0 Å². The Bertz CT molecular complexity index is 737. The van der Waals surface area contributed by atoms with Crippen molar-refractivity contribution in [2.45, 2.75) is 159 Å². The molecular formula is C33H54N2. The molecule has 2 saturated heterocycles. The van der Waals surface area contributed by atoms with Crippen LogP contribution in [0, 0.1) is 47.3 Å². The molecule has 2 heterocycles. The third-order valence-corrected chi connectivity index (χ3v) is 14.1. The van der Waals surface area contributed by atoms with Crippen molar-refractivity contribution in [1.82, 2.24) is 9.80 Å². The second-order valence-corrected chi connectivity index (χ2v) is 15.5. The molecule has 0 N–H and O–H groups in total. The maximum Gasteiger partial charge on any atom is 0.0689 e. The molecule has 35 heavy (non-hydrogen) atoms. The summed E-state index contributed by atoms with van der Waals surface area (Å²) in [6.07, 6.45) is 27.7. The summed E-state index contributed by atoms with van der Waals surface area (Å²) in [6, 6.07) is 3.66. The van der Waals surface area contributed by atoms with Crippen LogP contribution < -0.4 is 0 Å². The van der Waals surface area contributed by atoms with Crippen LogP contribution in [-0.4, -0.2) is 39.6 Å². The van der Waals surface area contributed by atoms with E-state index in [-0.39, 0.29) is 5.66 Å². The Morgan fingerprint density at radius 3 is 1.26 bits per heavy atom. The van der Waals surface area contributed by atoms with Crippen molar-refractivity contribution >= 4 is 0 Å². The van der Waals surface area contributed by atoms with Gasteiger partial charge in [0.05, 0.1) is 5.66 Å². The molecular weight excluding hydrogens is 424 g/mol. The summed E-state index contributed by atoms with van der Waals surface area (Å²) in [6.45, 7) is 5.56. The van der Waals surface area contributed by atoms with Gasteiger partial charge < -0.3 is 0 Å². The highest BCUT2D eigenvalue weighted by molar-refractivity contribution is 5.17. The van der Waals surface area contributed by atoms with E-state index in [9.17, 15) is 0 Å². The number of nitrogens with zero attached hydrogens (tertiary/aromatic N) is 2. The Balaban J connectivity index is 1.20. The van der Waals surface area contributed by atoms with E-state index in [4.69, 9.17) is 0 Å². The highest BCUT2D eigenvalue weighted by Crippen LogP contribution is 2.63. The van der Waals surface area contributed by atoms with Gasteiger partial charge >= 0.3 is 0 Å². The summed E-state index contributed by atoms with van der Waals surface area (Å²) in [5, 5.41) is 0. The molecule has 2 nitrogen and oxygen atoms in total. The Morgan fingerprint density at radius 1 is 0.429 bits per heavy atom. The van der Waals surface area contributed by atoms with E-state index >= 15 is 0 Å². The van der Waals surface area contributed by atoms with Crippen molar-refractivity contribution in [3.63, 3.8) is 0 Å². The van der Waals surface area contributed by atoms with Crippen molar-refractivity contribution in [3.8, 4) is 0 Å². The maximum absolute atomic E-state index is 3.33. The van der Waals surface area contributed by atoms with Crippen molar-refractivity contribution < 1.29 is 0 Å². The van der Waals surface area contributed by atoms with E-state index in [0.29, 0.717) is 0 Å². The van der Waals surface area contributed by atoms with E-state index in [1.165, 1.54) is 64.2 Å². The summed E-state index contributed by atoms with van der Waals surface area (Å²) in [4.78, 5) is 6.67. The van der Waals surface area contributed by atoms with Crippen LogP contribution in [0.2, 0.25) is 0 Å². The van der Waals surface area contributed by atoms with Crippen LogP contribution in [0.25, 0.3) is 0 Å². The van der Waals surface area contributed by atoms with Crippen LogP contribution in [0.15, 0.2) is 0 Å². The van der Waals surface area contributed by atoms with Gasteiger partial charge in [0.25, 0.3) is 0 Å². The molecule has 0 bridgehead atoms. The van der Waals surface area contributed by atoms with Gasteiger partial charge in [-0.3, -0.25) is 9.80 Å². The molecule has 0 spiro atoms. The van der Waals surface area contributed by atoms with Crippen molar-refractivity contribution in [2.24, 2.45) is 47.3 Å². The second kappa shape index (κ2) is 8.46. The molecule has 8 fully saturated rings. The number of hydrogen-bond acceptors (Lipinski definition) is 2. The van der Waals surface area contributed by atoms with E-state index in [0.717, 1.165) is 71.5 Å². The van der Waals surface area contributed by atoms with Crippen LogP contribution in [-0.2, 0) is 0 Å². The first-order valence-electron chi connectivity index (χ1n) is 16.7. The molecule has 0 aromatic carbocycles. The lowest BCUT2D eigenvalue weighted by atomic mass is 9.76. The molecule has 6 saturated carbocycles. The molecule has 8 aliphatic rings. The summed E-state index contributed by atoms with van der Waals surface area (Å²) >= 11 is 0. The van der Waals surface area contributed by atoms with Crippen LogP contribution in [0.5, 0.6) is 0 Å². The summed E-state index contributed by atoms with van der Waals surface area (Å²) in [5.74, 6) is 8.36. The van der Waals surface area contributed by atoms with Gasteiger partial charge in [-0.1, -0.05) is 64.2 Å². The first kappa shape index (κ1) is 22.9. The Kier molecular flexibility index (Phi) is 5.53. The first-order valence-corrected chi connectivity index (χ1v) is 16.7. The molecule has 2 heteroatoms. The summed E-state index contributed by atoms with van der Waals surface area (Å²) in [7, 11) is 0. The second-order valence-electron chi connectivity index (χ2n) is 15.5. The molecule has 0 aromatic rings. The lowest BCUT2D eigenvalue weighted by molar-refractivity contribution is -0.121. The van der Waals surface area contributed by atoms with Gasteiger partial charge in [0.2, 0.25) is 0 Å². The first-order chi connectivity index (χ1) is 17.1. The number of rotatable bonds is 2. The predicted molar refractivity (Wildman–Crippen MR) is 144 cm³/mol. The zero-order valence-corrected chi connectivity index (χ0v) is 23.1. The number of likely N-dealkylation sites (tertiary alicyclic amines) is 2. The van der Waals surface area contributed by atoms with Gasteiger partial charge in [0, 0.05) is 24.2 Å². The van der Waals surface area contributed by atoms with Crippen LogP contribution >= 0.6 is 0 Å². The molecule has 6 aliphatic carbocycles. The highest BCUT2D eigenvalue weighted by Gasteiger charge is 2.66. The molecule has 0 amide bonds. The zero-order chi connectivity index (χ0) is 23.3. The van der Waals surface area contributed by atoms with Gasteiger partial charge in [-0.25, -0.2) is 0 Å². The van der Waals surface area contributed by atoms with Crippen molar-refractivity contribution in [3.05, 3.63) is 0 Å². The Morgan fingerprint density at radius 2 is 0.800 bits per heavy atom. The van der Waals surface area contributed by atoms with Gasteiger partial charge in [0.1, 0.15) is 0 Å². The minimum Gasteiger partial charge on any atom is -0.279 e. The summed E-state index contributed by atoms with van der Waals surface area (Å²) in [5.41, 5.74) is 0.262. The monoisotopic (exact) mass is 478 g/mol. The lowest BCUT2D eigenvalue weighted by Gasteiger charge is -2.56. The van der Waals surface area contributed by atoms with Crippen LogP contribution in [0.4, 0.5) is 0 Å². The normalized spacial score (nSPS) is 54.0. The average Bonchev–Trinajstić information content (AvgIpc) is 3.60. The largest absolute Gasteiger partial charge is 0.279 e. The van der Waals surface area contributed by atoms with Crippen LogP contribution in [0.3, 0.4) is 0 Å². The molecule has 0 radical (unpaired) electrons. The minimum absolute atomic E-state index is 0.262. The highest BCUT2D eigenvalue weighted by atomic mass is 15.5. The van der Waals surface area contributed by atoms with Gasteiger partial charge in [-0.05, 0) is 113 Å². The fraction of sp³-hybridized carbons (Fsp3) is 1.00. The Hall–Kier alpha value is -0.0800. The third-order valence-electron chi connectivity index (χ3n) is 14.1. The summed E-state index contributed by atoms with van der Waals surface area (Å²) < 4.78 is 0. The quantitative estimate of drug-likeness (QED) is 0.398. The van der Waals surface area contributed by atoms with Crippen molar-refractivity contribution in [2.75, 3.05) is 0 Å². The predicted octanol–water partition coefficient (Wildman–Crippen LogP) is 7.86. The fourth-order valence-corrected chi connectivity index (χ4v) is 13.3. The number of hydrogen-bond donors (Lipinski definition) is 0. The van der Waals surface area contributed by atoms with E-state index in [2.05, 4.69) is 23.6 Å². The van der Waals surface area contributed by atoms with Gasteiger partial charge in [0.15, 0.2) is 0 Å². The van der Waals surface area contributed by atoms with E-state index in [1.54, 1.807) is 51.4 Å². The molecule has 196 valence electrons. The topological polar surface area (TPSA) is 6.48 Å². The Labute approximate surface area is 216 Å². The maximum atomic E-state index is 3.33. The smallest absolute Gasteiger partial charge is 0.0689 e. The molecule has 2 aliphatic heterocycles. The molecule has 8 rings (SSSR count). The van der Waals surface area contributed by atoms with Crippen LogP contribution in [0.1, 0.15) is 129 Å². The molecule has 12 unspecified atom stereocenters. The SMILES string of the molecule is CC(C)(N1C2CCCCC2C2CC3CCCCC3C21)N1C2CCCCC2C2CC3CCCCC3C21. The van der Waals surface area contributed by atoms with E-state index < -0.39 is 0 Å². The molecule has 0 aromatic heterocycles. The minimum atomic E-state index is 0.262. The fourth-order valence-electron chi connectivity index (χ4n) is 13.3. The van der Waals surface area contributed by atoms with Gasteiger partial charge in [-0.2, -0.15) is 0 Å².